The molecule has 1 fully saturated rings. The van der Waals surface area contributed by atoms with Crippen molar-refractivity contribution in [2.24, 2.45) is 0 Å². The van der Waals surface area contributed by atoms with Crippen molar-refractivity contribution in [1.29, 1.82) is 0 Å². The lowest BCUT2D eigenvalue weighted by atomic mass is 9.95. The number of likely N-dealkylation sites (tertiary alicyclic amines) is 1. The van der Waals surface area contributed by atoms with E-state index in [0.29, 0.717) is 18.2 Å². The van der Waals surface area contributed by atoms with E-state index in [0.717, 1.165) is 42.9 Å². The van der Waals surface area contributed by atoms with Crippen LogP contribution in [0.3, 0.4) is 0 Å². The molecule has 0 saturated carbocycles. The summed E-state index contributed by atoms with van der Waals surface area (Å²) in [6, 6.07) is 9.48. The lowest BCUT2D eigenvalue weighted by molar-refractivity contribution is 0.248. The maximum absolute atomic E-state index is 12.0. The Morgan fingerprint density at radius 2 is 2.22 bits per heavy atom. The van der Waals surface area contributed by atoms with Gasteiger partial charge in [0.2, 0.25) is 0 Å². The summed E-state index contributed by atoms with van der Waals surface area (Å²) in [5, 5.41) is 0. The molecule has 0 bridgehead atoms. The Kier molecular flexibility index (Phi) is 4.76. The van der Waals surface area contributed by atoms with Gasteiger partial charge in [0.1, 0.15) is 11.6 Å². The fourth-order valence-corrected chi connectivity index (χ4v) is 3.26. The maximum Gasteiger partial charge on any atom is 0.251 e. The fourth-order valence-electron chi connectivity index (χ4n) is 3.26. The second kappa shape index (κ2) is 6.96. The Balaban J connectivity index is 1.87. The molecule has 1 aromatic carbocycles. The van der Waals surface area contributed by atoms with Crippen molar-refractivity contribution < 1.29 is 4.74 Å². The largest absolute Gasteiger partial charge is 0.496 e. The van der Waals surface area contributed by atoms with Gasteiger partial charge in [-0.05, 0) is 32.5 Å². The number of piperidine rings is 1. The van der Waals surface area contributed by atoms with E-state index in [2.05, 4.69) is 16.9 Å². The molecule has 0 amide bonds. The third-order valence-electron chi connectivity index (χ3n) is 4.40. The van der Waals surface area contributed by atoms with E-state index in [1.54, 1.807) is 13.2 Å². The van der Waals surface area contributed by atoms with Crippen molar-refractivity contribution in [1.82, 2.24) is 14.9 Å². The van der Waals surface area contributed by atoms with Gasteiger partial charge in [0.05, 0.1) is 12.8 Å². The Labute approximate surface area is 136 Å². The van der Waals surface area contributed by atoms with Gasteiger partial charge in [-0.2, -0.15) is 0 Å². The van der Waals surface area contributed by atoms with Crippen molar-refractivity contribution in [3.8, 4) is 5.75 Å². The van der Waals surface area contributed by atoms with Crippen LogP contribution in [0.1, 0.15) is 35.8 Å². The molecule has 5 heteroatoms. The number of rotatable bonds is 4. The smallest absolute Gasteiger partial charge is 0.251 e. The number of hydrogen-bond donors (Lipinski definition) is 1. The van der Waals surface area contributed by atoms with Crippen LogP contribution in [0.15, 0.2) is 35.1 Å². The van der Waals surface area contributed by atoms with Gasteiger partial charge >= 0.3 is 0 Å². The number of aromatic amines is 1. The van der Waals surface area contributed by atoms with Gasteiger partial charge in [0.25, 0.3) is 5.56 Å². The lowest BCUT2D eigenvalue weighted by Gasteiger charge is -2.29. The molecule has 23 heavy (non-hydrogen) atoms. The van der Waals surface area contributed by atoms with Crippen LogP contribution < -0.4 is 10.3 Å². The Morgan fingerprint density at radius 1 is 1.39 bits per heavy atom. The van der Waals surface area contributed by atoms with Crippen LogP contribution in [-0.2, 0) is 6.42 Å². The van der Waals surface area contributed by atoms with Gasteiger partial charge in [0.15, 0.2) is 0 Å². The topological polar surface area (TPSA) is 58.2 Å². The van der Waals surface area contributed by atoms with Crippen molar-refractivity contribution in [2.75, 3.05) is 27.2 Å². The highest BCUT2D eigenvalue weighted by Crippen LogP contribution is 2.25. The zero-order valence-electron chi connectivity index (χ0n) is 13.7. The molecule has 2 aromatic rings. The van der Waals surface area contributed by atoms with Gasteiger partial charge in [-0.1, -0.05) is 18.2 Å². The highest BCUT2D eigenvalue weighted by atomic mass is 16.5. The Bertz CT molecular complexity index is 726. The van der Waals surface area contributed by atoms with Crippen LogP contribution in [0.2, 0.25) is 0 Å². The Morgan fingerprint density at radius 3 is 3.00 bits per heavy atom. The normalized spacial score (nSPS) is 18.8. The number of methoxy groups -OCH3 is 1. The SMILES string of the molecule is COc1ccccc1Cc1nc(C2CCCN(C)C2)cc(=O)[nH]1. The van der Waals surface area contributed by atoms with Crippen LogP contribution in [-0.4, -0.2) is 42.1 Å². The van der Waals surface area contributed by atoms with Gasteiger partial charge in [-0.15, -0.1) is 0 Å². The summed E-state index contributed by atoms with van der Waals surface area (Å²) in [6.07, 6.45) is 2.81. The number of hydrogen-bond acceptors (Lipinski definition) is 4. The standard InChI is InChI=1S/C18H23N3O2/c1-21-9-5-7-14(12-21)15-11-18(22)20-17(19-15)10-13-6-3-4-8-16(13)23-2/h3-4,6,8,11,14H,5,7,9-10,12H2,1-2H3,(H,19,20,22). The molecule has 1 aliphatic rings. The molecule has 1 aromatic heterocycles. The number of para-hydroxylation sites is 1. The molecule has 1 saturated heterocycles. The summed E-state index contributed by atoms with van der Waals surface area (Å²) in [5.74, 6) is 1.86. The number of nitrogens with zero attached hydrogens (tertiary/aromatic N) is 2. The molecule has 1 atom stereocenters. The lowest BCUT2D eigenvalue weighted by Crippen LogP contribution is -2.32. The third kappa shape index (κ3) is 3.79. The third-order valence-corrected chi connectivity index (χ3v) is 4.40. The summed E-state index contributed by atoms with van der Waals surface area (Å²) in [4.78, 5) is 21.9. The first-order valence-electron chi connectivity index (χ1n) is 8.06. The first-order chi connectivity index (χ1) is 11.2. The summed E-state index contributed by atoms with van der Waals surface area (Å²) >= 11 is 0. The van der Waals surface area contributed by atoms with E-state index in [9.17, 15) is 4.79 Å². The van der Waals surface area contributed by atoms with E-state index < -0.39 is 0 Å². The number of aromatic nitrogens is 2. The molecule has 0 aliphatic carbocycles. The molecule has 122 valence electrons. The minimum absolute atomic E-state index is 0.0758. The van der Waals surface area contributed by atoms with Crippen molar-refractivity contribution in [2.45, 2.75) is 25.2 Å². The van der Waals surface area contributed by atoms with E-state index in [1.807, 2.05) is 24.3 Å². The molecular formula is C18H23N3O2. The Hall–Kier alpha value is -2.14. The summed E-state index contributed by atoms with van der Waals surface area (Å²) in [5.41, 5.74) is 1.86. The predicted molar refractivity (Wildman–Crippen MR) is 90.1 cm³/mol. The van der Waals surface area contributed by atoms with Crippen molar-refractivity contribution in [3.63, 3.8) is 0 Å². The molecular weight excluding hydrogens is 290 g/mol. The predicted octanol–water partition coefficient (Wildman–Crippen LogP) is 2.18. The fraction of sp³-hybridized carbons (Fsp3) is 0.444. The summed E-state index contributed by atoms with van der Waals surface area (Å²) in [6.45, 7) is 2.08. The summed E-state index contributed by atoms with van der Waals surface area (Å²) in [7, 11) is 3.78. The number of likely N-dealkylation sites (N-methyl/N-ethyl adjacent to an activating group) is 1. The maximum atomic E-state index is 12.0. The second-order valence-corrected chi connectivity index (χ2v) is 6.21. The van der Waals surface area contributed by atoms with Gasteiger partial charge < -0.3 is 14.6 Å². The molecule has 0 spiro atoms. The number of H-pyrrole nitrogens is 1. The molecule has 2 heterocycles. The monoisotopic (exact) mass is 313 g/mol. The highest BCUT2D eigenvalue weighted by Gasteiger charge is 2.21. The molecule has 1 unspecified atom stereocenters. The van der Waals surface area contributed by atoms with E-state index in [-0.39, 0.29) is 5.56 Å². The zero-order valence-corrected chi connectivity index (χ0v) is 13.7. The van der Waals surface area contributed by atoms with Crippen LogP contribution in [0.5, 0.6) is 5.75 Å². The second-order valence-electron chi connectivity index (χ2n) is 6.21. The molecule has 0 radical (unpaired) electrons. The van der Waals surface area contributed by atoms with Crippen molar-refractivity contribution in [3.05, 3.63) is 57.8 Å². The number of ether oxygens (including phenoxy) is 1. The quantitative estimate of drug-likeness (QED) is 0.940. The van der Waals surface area contributed by atoms with Gasteiger partial charge in [-0.3, -0.25) is 4.79 Å². The van der Waals surface area contributed by atoms with Crippen LogP contribution in [0, 0.1) is 0 Å². The number of nitrogens with one attached hydrogen (secondary N) is 1. The average molecular weight is 313 g/mol. The molecule has 1 N–H and O–H groups in total. The zero-order chi connectivity index (χ0) is 16.2. The molecule has 3 rings (SSSR count). The van der Waals surface area contributed by atoms with Crippen LogP contribution in [0.25, 0.3) is 0 Å². The van der Waals surface area contributed by atoms with Gasteiger partial charge in [0, 0.05) is 30.5 Å². The minimum atomic E-state index is -0.0758. The molecule has 1 aliphatic heterocycles. The first-order valence-corrected chi connectivity index (χ1v) is 8.06. The van der Waals surface area contributed by atoms with E-state index >= 15 is 0 Å². The van der Waals surface area contributed by atoms with E-state index in [1.165, 1.54) is 0 Å². The van der Waals surface area contributed by atoms with Gasteiger partial charge in [-0.25, -0.2) is 4.98 Å². The summed E-state index contributed by atoms with van der Waals surface area (Å²) < 4.78 is 5.38. The average Bonchev–Trinajstić information content (AvgIpc) is 2.55. The van der Waals surface area contributed by atoms with E-state index in [4.69, 9.17) is 9.72 Å². The van der Waals surface area contributed by atoms with Crippen LogP contribution in [0.4, 0.5) is 0 Å². The highest BCUT2D eigenvalue weighted by molar-refractivity contribution is 5.35. The molecule has 5 nitrogen and oxygen atoms in total. The number of benzene rings is 1. The first kappa shape index (κ1) is 15.7. The van der Waals surface area contributed by atoms with Crippen molar-refractivity contribution >= 4 is 0 Å². The van der Waals surface area contributed by atoms with Crippen LogP contribution >= 0.6 is 0 Å². The minimum Gasteiger partial charge on any atom is -0.496 e.